The van der Waals surface area contributed by atoms with Crippen LogP contribution in [0.2, 0.25) is 0 Å². The summed E-state index contributed by atoms with van der Waals surface area (Å²) in [4.78, 5) is 15.6. The van der Waals surface area contributed by atoms with Crippen molar-refractivity contribution in [1.82, 2.24) is 10.3 Å². The standard InChI is InChI=1S/C13H12N2O2/c16-13(17)9-7-15-10-5-1-3-8-4-2-6-14-12(8)11(9)10/h1-6,9-10,15H,7H2,(H,16,17). The molecule has 1 aromatic rings. The van der Waals surface area contributed by atoms with Crippen LogP contribution in [0, 0.1) is 5.92 Å². The van der Waals surface area contributed by atoms with E-state index in [4.69, 9.17) is 0 Å². The maximum Gasteiger partial charge on any atom is 0.312 e. The van der Waals surface area contributed by atoms with Crippen molar-refractivity contribution in [2.45, 2.75) is 6.04 Å². The first-order chi connectivity index (χ1) is 8.27. The van der Waals surface area contributed by atoms with Crippen LogP contribution in [0.4, 0.5) is 0 Å². The van der Waals surface area contributed by atoms with Gasteiger partial charge in [0.1, 0.15) is 0 Å². The smallest absolute Gasteiger partial charge is 0.312 e. The Morgan fingerprint density at radius 2 is 2.41 bits per heavy atom. The van der Waals surface area contributed by atoms with Gasteiger partial charge in [0.2, 0.25) is 0 Å². The Labute approximate surface area is 98.0 Å². The number of hydrogen-bond acceptors (Lipinski definition) is 3. The molecule has 0 amide bonds. The highest BCUT2D eigenvalue weighted by atomic mass is 16.4. The normalized spacial score (nSPS) is 25.8. The van der Waals surface area contributed by atoms with E-state index in [1.54, 1.807) is 6.20 Å². The van der Waals surface area contributed by atoms with Crippen molar-refractivity contribution in [3.63, 3.8) is 0 Å². The largest absolute Gasteiger partial charge is 0.481 e. The highest BCUT2D eigenvalue weighted by Crippen LogP contribution is 2.23. The van der Waals surface area contributed by atoms with Crippen LogP contribution >= 0.6 is 0 Å². The van der Waals surface area contributed by atoms with Crippen LogP contribution in [0.1, 0.15) is 0 Å². The van der Waals surface area contributed by atoms with Crippen molar-refractivity contribution in [2.24, 2.45) is 5.92 Å². The van der Waals surface area contributed by atoms with Crippen LogP contribution in [0.25, 0.3) is 11.6 Å². The van der Waals surface area contributed by atoms with Gasteiger partial charge in [-0.3, -0.25) is 9.78 Å². The van der Waals surface area contributed by atoms with Crippen LogP contribution in [-0.4, -0.2) is 28.6 Å². The molecule has 3 rings (SSSR count). The van der Waals surface area contributed by atoms with Gasteiger partial charge >= 0.3 is 5.97 Å². The zero-order chi connectivity index (χ0) is 11.8. The molecule has 86 valence electrons. The van der Waals surface area contributed by atoms with Crippen molar-refractivity contribution in [3.05, 3.63) is 41.0 Å². The zero-order valence-electron chi connectivity index (χ0n) is 9.13. The maximum absolute atomic E-state index is 11.3. The van der Waals surface area contributed by atoms with Gasteiger partial charge in [-0.05, 0) is 11.6 Å². The number of fused-ring (bicyclic) bond motifs is 2. The molecular weight excluding hydrogens is 216 g/mol. The van der Waals surface area contributed by atoms with E-state index in [0.717, 1.165) is 16.1 Å². The maximum atomic E-state index is 11.3. The summed E-state index contributed by atoms with van der Waals surface area (Å²) in [5.41, 5.74) is 0.873. The van der Waals surface area contributed by atoms with Crippen LogP contribution in [0.3, 0.4) is 0 Å². The monoisotopic (exact) mass is 228 g/mol. The number of nitrogens with one attached hydrogen (secondary N) is 1. The van der Waals surface area contributed by atoms with Gasteiger partial charge in [-0.2, -0.15) is 0 Å². The molecule has 1 aromatic heterocycles. The van der Waals surface area contributed by atoms with Crippen LogP contribution in [0.15, 0.2) is 30.5 Å². The third kappa shape index (κ3) is 1.57. The van der Waals surface area contributed by atoms with Crippen molar-refractivity contribution < 1.29 is 9.90 Å². The number of pyridine rings is 1. The number of nitrogens with zero attached hydrogens (tertiary/aromatic N) is 1. The SMILES string of the molecule is O=C(O)C1CNC2C=CC=c3cccnc3=C21. The van der Waals surface area contributed by atoms with Crippen molar-refractivity contribution in [3.8, 4) is 0 Å². The number of hydrogen-bond donors (Lipinski definition) is 2. The molecular formula is C13H12N2O2. The third-order valence-corrected chi connectivity index (χ3v) is 3.24. The molecule has 4 heteroatoms. The van der Waals surface area contributed by atoms with E-state index in [0.29, 0.717) is 6.54 Å². The van der Waals surface area contributed by atoms with Gasteiger partial charge < -0.3 is 10.4 Å². The molecule has 0 saturated carbocycles. The Morgan fingerprint density at radius 1 is 1.53 bits per heavy atom. The van der Waals surface area contributed by atoms with Crippen molar-refractivity contribution >= 4 is 17.6 Å². The minimum Gasteiger partial charge on any atom is -0.481 e. The quantitative estimate of drug-likeness (QED) is 0.664. The van der Waals surface area contributed by atoms with E-state index in [-0.39, 0.29) is 6.04 Å². The zero-order valence-corrected chi connectivity index (χ0v) is 9.13. The molecule has 0 spiro atoms. The topological polar surface area (TPSA) is 62.2 Å². The van der Waals surface area contributed by atoms with E-state index < -0.39 is 11.9 Å². The lowest BCUT2D eigenvalue weighted by Gasteiger charge is -2.08. The number of carbonyl (C=O) groups is 1. The summed E-state index contributed by atoms with van der Waals surface area (Å²) in [5, 5.41) is 14.2. The Balaban J connectivity index is 2.34. The number of carboxylic acid groups (broad SMARTS) is 1. The van der Waals surface area contributed by atoms with Gasteiger partial charge in [0, 0.05) is 18.0 Å². The third-order valence-electron chi connectivity index (χ3n) is 3.24. The summed E-state index contributed by atoms with van der Waals surface area (Å²) in [5.74, 6) is -1.27. The second-order valence-corrected chi connectivity index (χ2v) is 4.22. The molecule has 1 saturated heterocycles. The molecule has 2 N–H and O–H groups in total. The molecule has 2 unspecified atom stereocenters. The molecule has 2 aliphatic rings. The molecule has 1 aliphatic heterocycles. The molecule has 0 radical (unpaired) electrons. The van der Waals surface area contributed by atoms with Gasteiger partial charge in [-0.1, -0.05) is 24.3 Å². The van der Waals surface area contributed by atoms with E-state index >= 15 is 0 Å². The van der Waals surface area contributed by atoms with Gasteiger partial charge in [-0.25, -0.2) is 0 Å². The lowest BCUT2D eigenvalue weighted by Crippen LogP contribution is -2.34. The lowest BCUT2D eigenvalue weighted by molar-refractivity contribution is -0.139. The Hall–Kier alpha value is -1.94. The van der Waals surface area contributed by atoms with E-state index in [1.165, 1.54) is 0 Å². The summed E-state index contributed by atoms with van der Waals surface area (Å²) in [6.07, 6.45) is 7.61. The minimum atomic E-state index is -0.790. The summed E-state index contributed by atoms with van der Waals surface area (Å²) in [6, 6.07) is 3.81. The highest BCUT2D eigenvalue weighted by Gasteiger charge is 2.34. The van der Waals surface area contributed by atoms with Crippen molar-refractivity contribution in [2.75, 3.05) is 6.54 Å². The second kappa shape index (κ2) is 3.82. The summed E-state index contributed by atoms with van der Waals surface area (Å²) in [7, 11) is 0. The first kappa shape index (κ1) is 10.2. The first-order valence-corrected chi connectivity index (χ1v) is 5.57. The van der Waals surface area contributed by atoms with E-state index in [2.05, 4.69) is 10.3 Å². The fraction of sp³-hybridized carbons (Fsp3) is 0.231. The summed E-state index contributed by atoms with van der Waals surface area (Å²) in [6.45, 7) is 0.468. The molecule has 0 bridgehead atoms. The van der Waals surface area contributed by atoms with Gasteiger partial charge in [0.25, 0.3) is 0 Å². The lowest BCUT2D eigenvalue weighted by atomic mass is 9.97. The van der Waals surface area contributed by atoms with E-state index in [9.17, 15) is 9.90 Å². The predicted molar refractivity (Wildman–Crippen MR) is 63.4 cm³/mol. The average molecular weight is 228 g/mol. The van der Waals surface area contributed by atoms with Crippen LogP contribution in [-0.2, 0) is 4.79 Å². The van der Waals surface area contributed by atoms with Crippen LogP contribution in [0.5, 0.6) is 0 Å². The molecule has 1 aliphatic carbocycles. The number of rotatable bonds is 1. The Bertz CT molecular complexity index is 619. The van der Waals surface area contributed by atoms with Gasteiger partial charge in [0.15, 0.2) is 0 Å². The molecule has 2 atom stereocenters. The number of aromatic nitrogens is 1. The van der Waals surface area contributed by atoms with Gasteiger partial charge in [-0.15, -0.1) is 0 Å². The fourth-order valence-corrected chi connectivity index (χ4v) is 2.45. The first-order valence-electron chi connectivity index (χ1n) is 5.57. The average Bonchev–Trinajstić information content (AvgIpc) is 2.66. The molecule has 4 nitrogen and oxygen atoms in total. The number of carboxylic acids is 1. The number of aliphatic carboxylic acids is 1. The Morgan fingerprint density at radius 3 is 3.24 bits per heavy atom. The molecule has 17 heavy (non-hydrogen) atoms. The van der Waals surface area contributed by atoms with Crippen molar-refractivity contribution in [1.29, 1.82) is 0 Å². The molecule has 0 aromatic carbocycles. The minimum absolute atomic E-state index is 0.0106. The number of allylic oxidation sites excluding steroid dienone is 1. The van der Waals surface area contributed by atoms with Crippen LogP contribution < -0.4 is 15.9 Å². The molecule has 1 fully saturated rings. The summed E-state index contributed by atoms with van der Waals surface area (Å²) < 4.78 is 0. The van der Waals surface area contributed by atoms with Gasteiger partial charge in [0.05, 0.1) is 17.3 Å². The molecule has 2 heterocycles. The Kier molecular flexibility index (Phi) is 2.30. The predicted octanol–water partition coefficient (Wildman–Crippen LogP) is -0.745. The van der Waals surface area contributed by atoms with E-state index in [1.807, 2.05) is 30.4 Å². The summed E-state index contributed by atoms with van der Waals surface area (Å²) >= 11 is 0. The fourth-order valence-electron chi connectivity index (χ4n) is 2.45. The second-order valence-electron chi connectivity index (χ2n) is 4.22. The highest BCUT2D eigenvalue weighted by molar-refractivity contribution is 5.85.